The predicted molar refractivity (Wildman–Crippen MR) is 49.8 cm³/mol. The number of aryl methyl sites for hydroxylation is 1. The lowest BCUT2D eigenvalue weighted by molar-refractivity contribution is 0.0523. The fourth-order valence-corrected chi connectivity index (χ4v) is 1.84. The first kappa shape index (κ1) is 9.98. The second kappa shape index (κ2) is 3.74. The van der Waals surface area contributed by atoms with Crippen molar-refractivity contribution in [3.05, 3.63) is 15.9 Å². The number of nitrogens with zero attached hydrogens (tertiary/aromatic N) is 1. The Morgan fingerprint density at radius 3 is 2.69 bits per heavy atom. The number of aromatic nitrogens is 1. The minimum absolute atomic E-state index is 0.262. The van der Waals surface area contributed by atoms with E-state index in [-0.39, 0.29) is 4.67 Å². The number of hydrogen-bond donors (Lipinski definition) is 1. The zero-order valence-electron chi connectivity index (χ0n) is 7.88. The molecule has 0 aromatic carbocycles. The summed E-state index contributed by atoms with van der Waals surface area (Å²) in [5.41, 5.74) is 1.17. The third-order valence-corrected chi connectivity index (χ3v) is 2.70. The average Bonchev–Trinajstić information content (AvgIpc) is 2.27. The molecule has 0 aliphatic heterocycles. The van der Waals surface area contributed by atoms with E-state index in [1.54, 1.807) is 17.8 Å². The van der Waals surface area contributed by atoms with Gasteiger partial charge in [0.25, 0.3) is 0 Å². The average molecular weight is 200 g/mol. The molecule has 0 aliphatic rings. The van der Waals surface area contributed by atoms with E-state index in [9.17, 15) is 4.79 Å². The van der Waals surface area contributed by atoms with Crippen LogP contribution in [0.25, 0.3) is 0 Å². The van der Waals surface area contributed by atoms with E-state index in [2.05, 4.69) is 0 Å². The monoisotopic (exact) mass is 200 g/mol. The van der Waals surface area contributed by atoms with Gasteiger partial charge in [0.2, 0.25) is 0 Å². The largest absolute Gasteiger partial charge is 0.462 e. The lowest BCUT2D eigenvalue weighted by atomic mass is 10.2. The number of ether oxygens (including phenoxy) is 1. The maximum Gasteiger partial charge on any atom is 0.343 e. The van der Waals surface area contributed by atoms with Crippen molar-refractivity contribution in [3.63, 3.8) is 0 Å². The minimum atomic E-state index is -0.401. The second-order valence-corrected chi connectivity index (χ2v) is 3.74. The van der Waals surface area contributed by atoms with Crippen LogP contribution in [0.4, 0.5) is 0 Å². The van der Waals surface area contributed by atoms with Crippen molar-refractivity contribution in [2.24, 2.45) is 7.05 Å². The Kier molecular flexibility index (Phi) is 2.87. The smallest absolute Gasteiger partial charge is 0.343 e. The van der Waals surface area contributed by atoms with Crippen molar-refractivity contribution in [1.29, 1.82) is 5.41 Å². The number of nitrogens with one attached hydrogen (secondary N) is 1. The molecule has 0 radical (unpaired) electrons. The molecule has 4 nitrogen and oxygen atoms in total. The van der Waals surface area contributed by atoms with Gasteiger partial charge in [-0.25, -0.2) is 4.79 Å². The predicted octanol–water partition coefficient (Wildman–Crippen LogP) is 1.05. The molecule has 72 valence electrons. The topological polar surface area (TPSA) is 55.1 Å². The van der Waals surface area contributed by atoms with Crippen LogP contribution in [-0.4, -0.2) is 16.5 Å². The summed E-state index contributed by atoms with van der Waals surface area (Å²) in [4.78, 5) is 11.4. The molecule has 0 aliphatic carbocycles. The summed E-state index contributed by atoms with van der Waals surface area (Å²) >= 11 is 1.23. The standard InChI is InChI=1S/C8H12N2O2S/c1-4-12-8(11)6-5(2)10(3)13-7(6)9/h9H,4H2,1-3H3. The van der Waals surface area contributed by atoms with Crippen molar-refractivity contribution in [3.8, 4) is 0 Å². The Balaban J connectivity index is 3.14. The van der Waals surface area contributed by atoms with Gasteiger partial charge in [0.05, 0.1) is 6.61 Å². The van der Waals surface area contributed by atoms with Crippen LogP contribution in [0.3, 0.4) is 0 Å². The van der Waals surface area contributed by atoms with Crippen LogP contribution in [0.15, 0.2) is 0 Å². The van der Waals surface area contributed by atoms with Gasteiger partial charge in [-0.05, 0) is 25.4 Å². The SMILES string of the molecule is CCOC(=O)c1c(C)n(C)sc1=N. The molecule has 0 saturated heterocycles. The number of hydrogen-bond acceptors (Lipinski definition) is 4. The highest BCUT2D eigenvalue weighted by molar-refractivity contribution is 7.04. The molecule has 0 spiro atoms. The highest BCUT2D eigenvalue weighted by Crippen LogP contribution is 2.07. The quantitative estimate of drug-likeness (QED) is 0.725. The van der Waals surface area contributed by atoms with Gasteiger partial charge >= 0.3 is 5.97 Å². The van der Waals surface area contributed by atoms with Crippen molar-refractivity contribution in [2.75, 3.05) is 6.61 Å². The Morgan fingerprint density at radius 2 is 2.31 bits per heavy atom. The van der Waals surface area contributed by atoms with Crippen LogP contribution in [0.5, 0.6) is 0 Å². The van der Waals surface area contributed by atoms with Gasteiger partial charge in [-0.15, -0.1) is 0 Å². The van der Waals surface area contributed by atoms with Crippen LogP contribution in [0.2, 0.25) is 0 Å². The first-order valence-electron chi connectivity index (χ1n) is 3.96. The maximum absolute atomic E-state index is 11.4. The van der Waals surface area contributed by atoms with Gasteiger partial charge in [0, 0.05) is 12.7 Å². The zero-order chi connectivity index (χ0) is 10.0. The summed E-state index contributed by atoms with van der Waals surface area (Å²) < 4.78 is 6.89. The summed E-state index contributed by atoms with van der Waals surface area (Å²) in [6.45, 7) is 3.90. The van der Waals surface area contributed by atoms with E-state index >= 15 is 0 Å². The van der Waals surface area contributed by atoms with Crippen molar-refractivity contribution < 1.29 is 9.53 Å². The lowest BCUT2D eigenvalue weighted by Crippen LogP contribution is -2.13. The van der Waals surface area contributed by atoms with Gasteiger partial charge in [-0.3, -0.25) is 5.41 Å². The molecule has 0 bridgehead atoms. The molecule has 0 amide bonds. The van der Waals surface area contributed by atoms with Gasteiger partial charge in [-0.2, -0.15) is 0 Å². The van der Waals surface area contributed by atoms with Gasteiger partial charge in [0.15, 0.2) is 0 Å². The lowest BCUT2D eigenvalue weighted by Gasteiger charge is -2.00. The highest BCUT2D eigenvalue weighted by Gasteiger charge is 2.16. The molecular weight excluding hydrogens is 188 g/mol. The van der Waals surface area contributed by atoms with E-state index in [1.807, 2.05) is 7.05 Å². The van der Waals surface area contributed by atoms with Gasteiger partial charge in [-0.1, -0.05) is 0 Å². The highest BCUT2D eigenvalue weighted by atomic mass is 32.1. The Morgan fingerprint density at radius 1 is 1.69 bits per heavy atom. The third kappa shape index (κ3) is 1.80. The molecule has 0 atom stereocenters. The van der Waals surface area contributed by atoms with E-state index in [0.717, 1.165) is 5.69 Å². The van der Waals surface area contributed by atoms with Crippen molar-refractivity contribution in [2.45, 2.75) is 13.8 Å². The molecule has 1 heterocycles. The number of rotatable bonds is 2. The normalized spacial score (nSPS) is 10.1. The summed E-state index contributed by atoms with van der Waals surface area (Å²) in [7, 11) is 1.82. The molecular formula is C8H12N2O2S. The molecule has 1 N–H and O–H groups in total. The first-order valence-corrected chi connectivity index (χ1v) is 4.73. The van der Waals surface area contributed by atoms with Crippen molar-refractivity contribution in [1.82, 2.24) is 3.96 Å². The maximum atomic E-state index is 11.4. The molecule has 0 saturated carbocycles. The van der Waals surface area contributed by atoms with E-state index in [4.69, 9.17) is 10.1 Å². The Labute approximate surface area is 80.4 Å². The number of esters is 1. The van der Waals surface area contributed by atoms with E-state index in [0.29, 0.717) is 12.2 Å². The van der Waals surface area contributed by atoms with Gasteiger partial charge in [0.1, 0.15) is 10.2 Å². The van der Waals surface area contributed by atoms with Gasteiger partial charge < -0.3 is 8.69 Å². The molecule has 1 rings (SSSR count). The van der Waals surface area contributed by atoms with Crippen LogP contribution in [0, 0.1) is 12.3 Å². The number of carbonyl (C=O) groups excluding carboxylic acids is 1. The van der Waals surface area contributed by atoms with Crippen LogP contribution >= 0.6 is 11.5 Å². The molecule has 5 heteroatoms. The molecule has 13 heavy (non-hydrogen) atoms. The summed E-state index contributed by atoms with van der Waals surface area (Å²) in [5.74, 6) is -0.401. The molecule has 1 aromatic rings. The Hall–Kier alpha value is -1.10. The molecule has 1 aromatic heterocycles. The second-order valence-electron chi connectivity index (χ2n) is 2.60. The summed E-state index contributed by atoms with van der Waals surface area (Å²) in [6, 6.07) is 0. The van der Waals surface area contributed by atoms with Crippen LogP contribution in [-0.2, 0) is 11.8 Å². The third-order valence-electron chi connectivity index (χ3n) is 1.77. The fraction of sp³-hybridized carbons (Fsp3) is 0.500. The van der Waals surface area contributed by atoms with Crippen LogP contribution < -0.4 is 4.67 Å². The van der Waals surface area contributed by atoms with E-state index < -0.39 is 5.97 Å². The van der Waals surface area contributed by atoms with Crippen molar-refractivity contribution >= 4 is 17.5 Å². The first-order chi connectivity index (χ1) is 6.07. The zero-order valence-corrected chi connectivity index (χ0v) is 8.70. The summed E-state index contributed by atoms with van der Waals surface area (Å²) in [5, 5.41) is 7.54. The fourth-order valence-electron chi connectivity index (χ4n) is 1.02. The summed E-state index contributed by atoms with van der Waals surface area (Å²) in [6.07, 6.45) is 0. The minimum Gasteiger partial charge on any atom is -0.462 e. The molecule has 0 unspecified atom stereocenters. The van der Waals surface area contributed by atoms with E-state index in [1.165, 1.54) is 11.5 Å². The Bertz CT molecular complexity index is 378. The van der Waals surface area contributed by atoms with Crippen LogP contribution in [0.1, 0.15) is 23.0 Å². The number of carbonyl (C=O) groups is 1. The molecule has 0 fully saturated rings.